The highest BCUT2D eigenvalue weighted by Crippen LogP contribution is 2.31. The van der Waals surface area contributed by atoms with E-state index in [1.807, 2.05) is 36.4 Å². The van der Waals surface area contributed by atoms with E-state index in [1.165, 1.54) is 0 Å². The molecule has 1 atom stereocenters. The fourth-order valence-corrected chi connectivity index (χ4v) is 3.00. The lowest BCUT2D eigenvalue weighted by molar-refractivity contribution is 0.552. The molecule has 2 aromatic rings. The maximum atomic E-state index is 6.19. The first-order chi connectivity index (χ1) is 9.52. The predicted octanol–water partition coefficient (Wildman–Crippen LogP) is 5.16. The molecular formula is C14H12BrCl3N2. The number of halogens is 4. The van der Waals surface area contributed by atoms with Gasteiger partial charge in [-0.05, 0) is 57.7 Å². The second-order valence-corrected chi connectivity index (χ2v) is 6.37. The minimum absolute atomic E-state index is 0.110. The molecule has 0 radical (unpaired) electrons. The number of hydrazine groups is 1. The molecule has 0 fully saturated rings. The summed E-state index contributed by atoms with van der Waals surface area (Å²) in [6.45, 7) is 0. The van der Waals surface area contributed by atoms with E-state index in [0.29, 0.717) is 21.5 Å². The summed E-state index contributed by atoms with van der Waals surface area (Å²) in [4.78, 5) is 0. The molecule has 106 valence electrons. The zero-order valence-corrected chi connectivity index (χ0v) is 14.2. The van der Waals surface area contributed by atoms with Crippen LogP contribution in [0.25, 0.3) is 0 Å². The minimum Gasteiger partial charge on any atom is -0.271 e. The van der Waals surface area contributed by atoms with E-state index in [2.05, 4.69) is 21.4 Å². The van der Waals surface area contributed by atoms with Crippen LogP contribution in [-0.4, -0.2) is 0 Å². The first-order valence-electron chi connectivity index (χ1n) is 5.87. The van der Waals surface area contributed by atoms with Crippen LogP contribution in [0.1, 0.15) is 17.2 Å². The molecule has 2 aromatic carbocycles. The Bertz CT molecular complexity index is 599. The molecule has 2 nitrogen and oxygen atoms in total. The van der Waals surface area contributed by atoms with Gasteiger partial charge in [-0.2, -0.15) is 0 Å². The van der Waals surface area contributed by atoms with E-state index in [1.54, 1.807) is 0 Å². The predicted molar refractivity (Wildman–Crippen MR) is 89.4 cm³/mol. The van der Waals surface area contributed by atoms with Crippen LogP contribution < -0.4 is 11.3 Å². The topological polar surface area (TPSA) is 38.0 Å². The molecule has 0 heterocycles. The lowest BCUT2D eigenvalue weighted by atomic mass is 9.99. The summed E-state index contributed by atoms with van der Waals surface area (Å²) in [5.74, 6) is 5.66. The molecule has 20 heavy (non-hydrogen) atoms. The molecular weight excluding hydrogens is 382 g/mol. The lowest BCUT2D eigenvalue weighted by Crippen LogP contribution is -2.29. The highest BCUT2D eigenvalue weighted by molar-refractivity contribution is 9.10. The van der Waals surface area contributed by atoms with Gasteiger partial charge in [-0.3, -0.25) is 11.3 Å². The average molecular weight is 395 g/mol. The number of hydrogen-bond donors (Lipinski definition) is 2. The van der Waals surface area contributed by atoms with Crippen molar-refractivity contribution in [3.8, 4) is 0 Å². The largest absolute Gasteiger partial charge is 0.271 e. The monoisotopic (exact) mass is 392 g/mol. The van der Waals surface area contributed by atoms with Gasteiger partial charge in [0.25, 0.3) is 0 Å². The van der Waals surface area contributed by atoms with Gasteiger partial charge in [-0.1, -0.05) is 46.9 Å². The van der Waals surface area contributed by atoms with Crippen molar-refractivity contribution < 1.29 is 0 Å². The third-order valence-corrected chi connectivity index (χ3v) is 4.94. The zero-order valence-electron chi connectivity index (χ0n) is 10.3. The van der Waals surface area contributed by atoms with Crippen LogP contribution >= 0.6 is 50.7 Å². The Morgan fingerprint density at radius 3 is 2.25 bits per heavy atom. The molecule has 0 saturated heterocycles. The maximum Gasteiger partial charge on any atom is 0.0548 e. The smallest absolute Gasteiger partial charge is 0.0548 e. The second-order valence-electron chi connectivity index (χ2n) is 4.30. The van der Waals surface area contributed by atoms with Crippen molar-refractivity contribution in [2.24, 2.45) is 5.84 Å². The normalized spacial score (nSPS) is 12.4. The summed E-state index contributed by atoms with van der Waals surface area (Å²) in [6, 6.07) is 11.0. The molecule has 0 aliphatic carbocycles. The summed E-state index contributed by atoms with van der Waals surface area (Å²) in [7, 11) is 0. The van der Waals surface area contributed by atoms with Gasteiger partial charge in [-0.15, -0.1) is 0 Å². The first kappa shape index (κ1) is 16.1. The first-order valence-corrected chi connectivity index (χ1v) is 7.79. The fraction of sp³-hybridized carbons (Fsp3) is 0.143. The van der Waals surface area contributed by atoms with E-state index >= 15 is 0 Å². The van der Waals surface area contributed by atoms with Crippen molar-refractivity contribution >= 4 is 50.7 Å². The van der Waals surface area contributed by atoms with Crippen LogP contribution in [0.15, 0.2) is 40.9 Å². The summed E-state index contributed by atoms with van der Waals surface area (Å²) >= 11 is 21.8. The third-order valence-electron chi connectivity index (χ3n) is 3.02. The van der Waals surface area contributed by atoms with Gasteiger partial charge in [0.05, 0.1) is 11.1 Å². The Morgan fingerprint density at radius 1 is 1.05 bits per heavy atom. The molecule has 0 spiro atoms. The van der Waals surface area contributed by atoms with E-state index in [-0.39, 0.29) is 6.04 Å². The Hall–Kier alpha value is -0.290. The van der Waals surface area contributed by atoms with E-state index in [4.69, 9.17) is 40.6 Å². The van der Waals surface area contributed by atoms with Crippen molar-refractivity contribution in [1.82, 2.24) is 5.43 Å². The van der Waals surface area contributed by atoms with Crippen molar-refractivity contribution in [2.45, 2.75) is 12.5 Å². The zero-order chi connectivity index (χ0) is 14.7. The number of nitrogens with one attached hydrogen (secondary N) is 1. The number of rotatable bonds is 4. The molecule has 0 aliphatic heterocycles. The molecule has 1 unspecified atom stereocenters. The number of nitrogens with two attached hydrogens (primary N) is 1. The molecule has 3 N–H and O–H groups in total. The van der Waals surface area contributed by atoms with Crippen molar-refractivity contribution in [3.05, 3.63) is 67.1 Å². The van der Waals surface area contributed by atoms with Crippen LogP contribution in [0, 0.1) is 0 Å². The van der Waals surface area contributed by atoms with Crippen LogP contribution in [0.5, 0.6) is 0 Å². The van der Waals surface area contributed by atoms with Crippen molar-refractivity contribution in [3.63, 3.8) is 0 Å². The van der Waals surface area contributed by atoms with Gasteiger partial charge in [0, 0.05) is 14.5 Å². The Labute approximate surface area is 141 Å². The molecule has 0 saturated carbocycles. The van der Waals surface area contributed by atoms with Crippen LogP contribution in [-0.2, 0) is 6.42 Å². The van der Waals surface area contributed by atoms with Gasteiger partial charge in [-0.25, -0.2) is 0 Å². The summed E-state index contributed by atoms with van der Waals surface area (Å²) in [5, 5.41) is 1.91. The molecule has 6 heteroatoms. The van der Waals surface area contributed by atoms with E-state index < -0.39 is 0 Å². The Kier molecular flexibility index (Phi) is 5.73. The quantitative estimate of drug-likeness (QED) is 0.555. The van der Waals surface area contributed by atoms with Gasteiger partial charge in [0.1, 0.15) is 0 Å². The molecule has 0 bridgehead atoms. The second kappa shape index (κ2) is 7.12. The van der Waals surface area contributed by atoms with E-state index in [9.17, 15) is 0 Å². The Balaban J connectivity index is 2.31. The SMILES string of the molecule is NNC(Cc1c(Cl)cccc1Cl)c1ccc(Cl)c(Br)c1. The summed E-state index contributed by atoms with van der Waals surface area (Å²) in [6.07, 6.45) is 0.586. The number of hydrogen-bond acceptors (Lipinski definition) is 2. The third kappa shape index (κ3) is 3.67. The maximum absolute atomic E-state index is 6.19. The van der Waals surface area contributed by atoms with Crippen LogP contribution in [0.2, 0.25) is 15.1 Å². The summed E-state index contributed by atoms with van der Waals surface area (Å²) < 4.78 is 0.821. The van der Waals surface area contributed by atoms with Gasteiger partial charge < -0.3 is 0 Å². The molecule has 0 amide bonds. The average Bonchev–Trinajstić information content (AvgIpc) is 2.42. The standard InChI is InChI=1S/C14H12BrCl3N2/c15-10-6-8(4-5-13(10)18)14(20-19)7-9-11(16)2-1-3-12(9)17/h1-6,14,20H,7,19H2. The number of benzene rings is 2. The van der Waals surface area contributed by atoms with Crippen molar-refractivity contribution in [2.75, 3.05) is 0 Å². The highest BCUT2D eigenvalue weighted by atomic mass is 79.9. The Morgan fingerprint density at radius 2 is 1.70 bits per heavy atom. The van der Waals surface area contributed by atoms with Gasteiger partial charge in [0.15, 0.2) is 0 Å². The van der Waals surface area contributed by atoms with E-state index in [0.717, 1.165) is 15.6 Å². The molecule has 0 aromatic heterocycles. The molecule has 0 aliphatic rings. The van der Waals surface area contributed by atoms with Gasteiger partial charge in [0.2, 0.25) is 0 Å². The minimum atomic E-state index is -0.110. The molecule has 2 rings (SSSR count). The van der Waals surface area contributed by atoms with Gasteiger partial charge >= 0.3 is 0 Å². The van der Waals surface area contributed by atoms with Crippen LogP contribution in [0.3, 0.4) is 0 Å². The fourth-order valence-electron chi connectivity index (χ4n) is 1.93. The lowest BCUT2D eigenvalue weighted by Gasteiger charge is -2.18. The summed E-state index contributed by atoms with van der Waals surface area (Å²) in [5.41, 5.74) is 4.65. The highest BCUT2D eigenvalue weighted by Gasteiger charge is 2.15. The van der Waals surface area contributed by atoms with Crippen LogP contribution in [0.4, 0.5) is 0 Å². The van der Waals surface area contributed by atoms with Crippen molar-refractivity contribution in [1.29, 1.82) is 0 Å².